The van der Waals surface area contributed by atoms with Crippen molar-refractivity contribution in [3.05, 3.63) is 24.3 Å². The fraction of sp³-hybridized carbons (Fsp3) is 0.462. The van der Waals surface area contributed by atoms with Crippen LogP contribution < -0.4 is 10.6 Å². The van der Waals surface area contributed by atoms with Crippen molar-refractivity contribution in [2.24, 2.45) is 11.7 Å². The molecule has 1 aromatic carbocycles. The normalized spacial score (nSPS) is 24.7. The molecule has 4 heteroatoms. The molecule has 0 spiro atoms. The standard InChI is InChI=1S/C13H17N3S/c1-9-6-7-16(11(9)8-14)13-15-10-4-2-3-5-12(10)17-13/h2-5,9,11H,6-8,14H2,1H3. The van der Waals surface area contributed by atoms with E-state index in [1.54, 1.807) is 11.3 Å². The molecule has 17 heavy (non-hydrogen) atoms. The topological polar surface area (TPSA) is 42.2 Å². The molecule has 3 nitrogen and oxygen atoms in total. The van der Waals surface area contributed by atoms with Gasteiger partial charge >= 0.3 is 0 Å². The van der Waals surface area contributed by atoms with E-state index >= 15 is 0 Å². The molecule has 2 heterocycles. The Labute approximate surface area is 105 Å². The van der Waals surface area contributed by atoms with Crippen LogP contribution in [0, 0.1) is 5.92 Å². The summed E-state index contributed by atoms with van der Waals surface area (Å²) in [5.41, 5.74) is 6.98. The van der Waals surface area contributed by atoms with Crippen LogP contribution in [0.25, 0.3) is 10.2 Å². The highest BCUT2D eigenvalue weighted by atomic mass is 32.1. The third kappa shape index (κ3) is 1.81. The van der Waals surface area contributed by atoms with Crippen LogP contribution in [0.3, 0.4) is 0 Å². The smallest absolute Gasteiger partial charge is 0.186 e. The minimum atomic E-state index is 0.454. The van der Waals surface area contributed by atoms with E-state index in [1.165, 1.54) is 11.1 Å². The molecule has 2 atom stereocenters. The maximum absolute atomic E-state index is 5.88. The molecule has 1 fully saturated rings. The van der Waals surface area contributed by atoms with Gasteiger partial charge in [-0.1, -0.05) is 30.4 Å². The Balaban J connectivity index is 1.98. The predicted molar refractivity (Wildman–Crippen MR) is 73.6 cm³/mol. The van der Waals surface area contributed by atoms with Gasteiger partial charge in [-0.3, -0.25) is 0 Å². The molecule has 0 radical (unpaired) electrons. The highest BCUT2D eigenvalue weighted by molar-refractivity contribution is 7.22. The lowest BCUT2D eigenvalue weighted by atomic mass is 10.0. The van der Waals surface area contributed by atoms with Gasteiger partial charge in [-0.05, 0) is 24.5 Å². The lowest BCUT2D eigenvalue weighted by Gasteiger charge is -2.24. The Bertz CT molecular complexity index is 489. The van der Waals surface area contributed by atoms with Crippen molar-refractivity contribution >= 4 is 26.7 Å². The molecule has 90 valence electrons. The van der Waals surface area contributed by atoms with E-state index in [0.29, 0.717) is 12.0 Å². The monoisotopic (exact) mass is 247 g/mol. The van der Waals surface area contributed by atoms with E-state index in [-0.39, 0.29) is 0 Å². The average molecular weight is 247 g/mol. The molecule has 3 rings (SSSR count). The SMILES string of the molecule is CC1CCN(c2nc3ccccc3s2)C1CN. The molecule has 2 aromatic rings. The molecule has 2 unspecified atom stereocenters. The summed E-state index contributed by atoms with van der Waals surface area (Å²) >= 11 is 1.77. The zero-order chi connectivity index (χ0) is 11.8. The van der Waals surface area contributed by atoms with Gasteiger partial charge in [-0.2, -0.15) is 0 Å². The van der Waals surface area contributed by atoms with E-state index in [9.17, 15) is 0 Å². The second-order valence-corrected chi connectivity index (χ2v) is 5.74. The zero-order valence-corrected chi connectivity index (χ0v) is 10.8. The van der Waals surface area contributed by atoms with E-state index in [4.69, 9.17) is 10.7 Å². The van der Waals surface area contributed by atoms with Crippen molar-refractivity contribution in [3.63, 3.8) is 0 Å². The molecule has 0 bridgehead atoms. The number of hydrogen-bond acceptors (Lipinski definition) is 4. The summed E-state index contributed by atoms with van der Waals surface area (Å²) in [6.45, 7) is 4.09. The van der Waals surface area contributed by atoms with Gasteiger partial charge in [0.05, 0.1) is 10.2 Å². The highest BCUT2D eigenvalue weighted by Crippen LogP contribution is 2.34. The van der Waals surface area contributed by atoms with Crippen LogP contribution in [-0.2, 0) is 0 Å². The van der Waals surface area contributed by atoms with Crippen LogP contribution in [0.4, 0.5) is 5.13 Å². The Morgan fingerprint density at radius 2 is 2.29 bits per heavy atom. The zero-order valence-electron chi connectivity index (χ0n) is 9.97. The minimum absolute atomic E-state index is 0.454. The van der Waals surface area contributed by atoms with Gasteiger partial charge in [0.15, 0.2) is 5.13 Å². The number of anilines is 1. The summed E-state index contributed by atoms with van der Waals surface area (Å²) < 4.78 is 1.26. The second kappa shape index (κ2) is 4.27. The second-order valence-electron chi connectivity index (χ2n) is 4.73. The number of thiazole rings is 1. The van der Waals surface area contributed by atoms with Gasteiger partial charge in [0.1, 0.15) is 0 Å². The van der Waals surface area contributed by atoms with E-state index in [2.05, 4.69) is 30.0 Å². The predicted octanol–water partition coefficient (Wildman–Crippen LogP) is 2.47. The summed E-state index contributed by atoms with van der Waals surface area (Å²) in [6, 6.07) is 8.77. The van der Waals surface area contributed by atoms with Crippen LogP contribution >= 0.6 is 11.3 Å². The Morgan fingerprint density at radius 3 is 3.06 bits per heavy atom. The quantitative estimate of drug-likeness (QED) is 0.886. The molecule has 1 aliphatic rings. The summed E-state index contributed by atoms with van der Waals surface area (Å²) in [6.07, 6.45) is 1.22. The van der Waals surface area contributed by atoms with Crippen molar-refractivity contribution in [1.82, 2.24) is 4.98 Å². The van der Waals surface area contributed by atoms with E-state index < -0.39 is 0 Å². The van der Waals surface area contributed by atoms with E-state index in [1.807, 2.05) is 6.07 Å². The Hall–Kier alpha value is -1.13. The van der Waals surface area contributed by atoms with Gasteiger partial charge in [0, 0.05) is 19.1 Å². The first-order valence-corrected chi connectivity index (χ1v) is 6.93. The average Bonchev–Trinajstić information content (AvgIpc) is 2.91. The first-order valence-electron chi connectivity index (χ1n) is 6.12. The summed E-state index contributed by atoms with van der Waals surface area (Å²) in [4.78, 5) is 7.10. The van der Waals surface area contributed by atoms with Gasteiger partial charge in [0.25, 0.3) is 0 Å². The van der Waals surface area contributed by atoms with E-state index in [0.717, 1.165) is 23.7 Å². The van der Waals surface area contributed by atoms with Crippen molar-refractivity contribution in [3.8, 4) is 0 Å². The molecule has 2 N–H and O–H groups in total. The maximum Gasteiger partial charge on any atom is 0.186 e. The summed E-state index contributed by atoms with van der Waals surface area (Å²) in [5, 5.41) is 1.13. The Morgan fingerprint density at radius 1 is 1.47 bits per heavy atom. The first kappa shape index (κ1) is 11.0. The van der Waals surface area contributed by atoms with Crippen LogP contribution in [0.5, 0.6) is 0 Å². The van der Waals surface area contributed by atoms with Crippen LogP contribution in [0.1, 0.15) is 13.3 Å². The third-order valence-corrected chi connectivity index (χ3v) is 4.73. The largest absolute Gasteiger partial charge is 0.344 e. The first-order chi connectivity index (χ1) is 8.29. The minimum Gasteiger partial charge on any atom is -0.344 e. The summed E-state index contributed by atoms with van der Waals surface area (Å²) in [5.74, 6) is 0.673. The molecule has 1 saturated heterocycles. The number of nitrogens with two attached hydrogens (primary N) is 1. The molecule has 0 aliphatic carbocycles. The van der Waals surface area contributed by atoms with Crippen molar-refractivity contribution in [1.29, 1.82) is 0 Å². The fourth-order valence-corrected chi connectivity index (χ4v) is 3.64. The number of para-hydroxylation sites is 1. The molecule has 0 saturated carbocycles. The lowest BCUT2D eigenvalue weighted by molar-refractivity contribution is 0.519. The number of benzene rings is 1. The van der Waals surface area contributed by atoms with Gasteiger partial charge in [-0.25, -0.2) is 4.98 Å². The van der Waals surface area contributed by atoms with Gasteiger partial charge < -0.3 is 10.6 Å². The molecular formula is C13H17N3S. The third-order valence-electron chi connectivity index (χ3n) is 3.65. The molecule has 1 aliphatic heterocycles. The fourth-order valence-electron chi connectivity index (χ4n) is 2.59. The van der Waals surface area contributed by atoms with Gasteiger partial charge in [0.2, 0.25) is 0 Å². The summed E-state index contributed by atoms with van der Waals surface area (Å²) in [7, 11) is 0. The number of rotatable bonds is 2. The molecule has 0 amide bonds. The van der Waals surface area contributed by atoms with Crippen LogP contribution in [-0.4, -0.2) is 24.1 Å². The number of fused-ring (bicyclic) bond motifs is 1. The molecule has 1 aromatic heterocycles. The van der Waals surface area contributed by atoms with Crippen LogP contribution in [0.2, 0.25) is 0 Å². The maximum atomic E-state index is 5.88. The van der Waals surface area contributed by atoms with Gasteiger partial charge in [-0.15, -0.1) is 0 Å². The van der Waals surface area contributed by atoms with Crippen molar-refractivity contribution < 1.29 is 0 Å². The number of aromatic nitrogens is 1. The Kier molecular flexibility index (Phi) is 2.76. The number of nitrogens with zero attached hydrogens (tertiary/aromatic N) is 2. The van der Waals surface area contributed by atoms with Crippen molar-refractivity contribution in [2.75, 3.05) is 18.0 Å². The van der Waals surface area contributed by atoms with Crippen LogP contribution in [0.15, 0.2) is 24.3 Å². The number of hydrogen-bond donors (Lipinski definition) is 1. The highest BCUT2D eigenvalue weighted by Gasteiger charge is 2.31. The lowest BCUT2D eigenvalue weighted by Crippen LogP contribution is -2.38. The molecular weight excluding hydrogens is 230 g/mol. The van der Waals surface area contributed by atoms with Crippen molar-refractivity contribution in [2.45, 2.75) is 19.4 Å².